The molecular weight excluding hydrogens is 430 g/mol. The van der Waals surface area contributed by atoms with Gasteiger partial charge in [-0.25, -0.2) is 4.79 Å². The molecule has 2 rings (SSSR count). The van der Waals surface area contributed by atoms with Crippen LogP contribution in [0.5, 0.6) is 0 Å². The van der Waals surface area contributed by atoms with Crippen molar-refractivity contribution in [1.82, 2.24) is 10.2 Å². The third kappa shape index (κ3) is 8.68. The molecule has 0 radical (unpaired) electrons. The van der Waals surface area contributed by atoms with E-state index in [1.165, 1.54) is 4.90 Å². The molecule has 1 saturated heterocycles. The molecule has 1 heterocycles. The number of carboxylic acid groups (broad SMARTS) is 1. The minimum atomic E-state index is -0.905. The third-order valence-electron chi connectivity index (χ3n) is 5.78. The second kappa shape index (κ2) is 11.5. The highest BCUT2D eigenvalue weighted by Crippen LogP contribution is 2.39. The Morgan fingerprint density at radius 2 is 1.88 bits per heavy atom. The van der Waals surface area contributed by atoms with E-state index in [0.717, 1.165) is 19.3 Å². The number of aliphatic carboxylic acids is 1. The second-order valence-corrected chi connectivity index (χ2v) is 9.91. The van der Waals surface area contributed by atoms with Crippen LogP contribution in [0.15, 0.2) is 12.2 Å². The number of aliphatic hydroxyl groups excluding tert-OH is 1. The van der Waals surface area contributed by atoms with Crippen LogP contribution in [-0.2, 0) is 19.1 Å². The van der Waals surface area contributed by atoms with Crippen molar-refractivity contribution in [1.29, 1.82) is 0 Å². The molecule has 186 valence electrons. The number of nitrogens with zero attached hydrogens (tertiary/aromatic N) is 1. The summed E-state index contributed by atoms with van der Waals surface area (Å²) in [5.41, 5.74) is 4.67. The van der Waals surface area contributed by atoms with Crippen LogP contribution in [0.1, 0.15) is 65.7 Å². The van der Waals surface area contributed by atoms with Crippen molar-refractivity contribution in [2.45, 2.75) is 89.5 Å². The highest BCUT2D eigenvalue weighted by molar-refractivity contribution is 5.91. The SMILES string of the molecule is CC(C)(C)OC(=O)N[C@@H](CCCCC/C=C\[C@@H]1C[C@@H]1C(=O)O)C(=O)N1C[C@H](O)C[C@H]1C(N)=O. The lowest BCUT2D eigenvalue weighted by Gasteiger charge is -2.28. The smallest absolute Gasteiger partial charge is 0.408 e. The average molecular weight is 468 g/mol. The molecular formula is C23H37N3O7. The molecule has 1 aliphatic heterocycles. The number of alkyl carbamates (subject to hydrolysis) is 1. The number of amides is 3. The summed E-state index contributed by atoms with van der Waals surface area (Å²) in [6.45, 7) is 5.15. The third-order valence-corrected chi connectivity index (χ3v) is 5.78. The van der Waals surface area contributed by atoms with Gasteiger partial charge in [0.1, 0.15) is 17.7 Å². The lowest BCUT2D eigenvalue weighted by atomic mass is 10.0. The molecule has 5 N–H and O–H groups in total. The number of likely N-dealkylation sites (tertiary alicyclic amines) is 1. The van der Waals surface area contributed by atoms with E-state index in [2.05, 4.69) is 5.32 Å². The maximum atomic E-state index is 13.1. The zero-order valence-electron chi connectivity index (χ0n) is 19.7. The number of nitrogens with one attached hydrogen (secondary N) is 1. The van der Waals surface area contributed by atoms with E-state index in [9.17, 15) is 24.3 Å². The monoisotopic (exact) mass is 467 g/mol. The fourth-order valence-electron chi connectivity index (χ4n) is 4.00. The van der Waals surface area contributed by atoms with Crippen molar-refractivity contribution in [2.75, 3.05) is 6.54 Å². The van der Waals surface area contributed by atoms with Gasteiger partial charge >= 0.3 is 12.1 Å². The van der Waals surface area contributed by atoms with Gasteiger partial charge < -0.3 is 30.9 Å². The van der Waals surface area contributed by atoms with Gasteiger partial charge in [-0.05, 0) is 52.4 Å². The van der Waals surface area contributed by atoms with E-state index in [1.807, 2.05) is 12.2 Å². The Hall–Kier alpha value is -2.62. The van der Waals surface area contributed by atoms with Crippen molar-refractivity contribution in [2.24, 2.45) is 17.6 Å². The van der Waals surface area contributed by atoms with Gasteiger partial charge in [-0.2, -0.15) is 0 Å². The molecule has 0 spiro atoms. The molecule has 10 heteroatoms. The quantitative estimate of drug-likeness (QED) is 0.265. The van der Waals surface area contributed by atoms with Gasteiger partial charge in [0.05, 0.1) is 12.0 Å². The minimum absolute atomic E-state index is 0.0117. The first-order valence-electron chi connectivity index (χ1n) is 11.6. The Balaban J connectivity index is 1.87. The molecule has 3 amide bonds. The van der Waals surface area contributed by atoms with Crippen molar-refractivity contribution in [3.8, 4) is 0 Å². The number of aliphatic hydroxyl groups is 1. The number of primary amides is 1. The van der Waals surface area contributed by atoms with Gasteiger partial charge in [0, 0.05) is 13.0 Å². The minimum Gasteiger partial charge on any atom is -0.481 e. The van der Waals surface area contributed by atoms with Gasteiger partial charge in [0.2, 0.25) is 11.8 Å². The Bertz CT molecular complexity index is 762. The van der Waals surface area contributed by atoms with Crippen LogP contribution in [-0.4, -0.2) is 69.3 Å². The maximum Gasteiger partial charge on any atom is 0.408 e. The molecule has 0 aromatic carbocycles. The number of hydrogen-bond donors (Lipinski definition) is 4. The molecule has 5 atom stereocenters. The first-order chi connectivity index (χ1) is 15.4. The summed E-state index contributed by atoms with van der Waals surface area (Å²) in [6, 6.07) is -1.80. The summed E-state index contributed by atoms with van der Waals surface area (Å²) < 4.78 is 5.28. The van der Waals surface area contributed by atoms with Crippen LogP contribution in [0.25, 0.3) is 0 Å². The number of carbonyl (C=O) groups is 4. The van der Waals surface area contributed by atoms with Crippen LogP contribution in [0.4, 0.5) is 4.79 Å². The topological polar surface area (TPSA) is 159 Å². The molecule has 0 bridgehead atoms. The lowest BCUT2D eigenvalue weighted by Crippen LogP contribution is -2.53. The fraction of sp³-hybridized carbons (Fsp3) is 0.739. The number of carbonyl (C=O) groups excluding carboxylic acids is 3. The van der Waals surface area contributed by atoms with Gasteiger partial charge in [-0.3, -0.25) is 14.4 Å². The number of ether oxygens (including phenoxy) is 1. The molecule has 2 aliphatic rings. The number of unbranched alkanes of at least 4 members (excludes halogenated alkanes) is 3. The van der Waals surface area contributed by atoms with Crippen molar-refractivity contribution in [3.63, 3.8) is 0 Å². The summed E-state index contributed by atoms with van der Waals surface area (Å²) in [4.78, 5) is 49.2. The van der Waals surface area contributed by atoms with E-state index < -0.39 is 47.7 Å². The number of carboxylic acids is 1. The normalized spacial score (nSPS) is 25.6. The highest BCUT2D eigenvalue weighted by atomic mass is 16.6. The number of allylic oxidation sites excluding steroid dienone is 2. The molecule has 2 fully saturated rings. The van der Waals surface area contributed by atoms with Gasteiger partial charge in [-0.15, -0.1) is 0 Å². The predicted octanol–water partition coefficient (Wildman–Crippen LogP) is 1.55. The van der Waals surface area contributed by atoms with Crippen LogP contribution < -0.4 is 11.1 Å². The van der Waals surface area contributed by atoms with E-state index in [4.69, 9.17) is 15.6 Å². The number of hydrogen-bond acceptors (Lipinski definition) is 6. The summed E-state index contributed by atoms with van der Waals surface area (Å²) in [5.74, 6) is -2.02. The summed E-state index contributed by atoms with van der Waals surface area (Å²) in [5, 5.41) is 21.4. The number of nitrogens with two attached hydrogens (primary N) is 1. The zero-order chi connectivity index (χ0) is 24.8. The molecule has 1 aliphatic carbocycles. The Morgan fingerprint density at radius 3 is 2.45 bits per heavy atom. The van der Waals surface area contributed by atoms with Crippen LogP contribution in [0.2, 0.25) is 0 Å². The van der Waals surface area contributed by atoms with E-state index in [-0.39, 0.29) is 24.8 Å². The Kier molecular flexibility index (Phi) is 9.27. The number of rotatable bonds is 11. The second-order valence-electron chi connectivity index (χ2n) is 9.91. The van der Waals surface area contributed by atoms with E-state index in [0.29, 0.717) is 19.3 Å². The van der Waals surface area contributed by atoms with Crippen molar-refractivity contribution < 1.29 is 34.1 Å². The van der Waals surface area contributed by atoms with Crippen molar-refractivity contribution >= 4 is 23.9 Å². The van der Waals surface area contributed by atoms with E-state index >= 15 is 0 Å². The van der Waals surface area contributed by atoms with Crippen LogP contribution in [0.3, 0.4) is 0 Å². The van der Waals surface area contributed by atoms with Crippen LogP contribution in [0, 0.1) is 11.8 Å². The maximum absolute atomic E-state index is 13.1. The van der Waals surface area contributed by atoms with Gasteiger partial charge in [0.25, 0.3) is 0 Å². The molecule has 0 aromatic heterocycles. The lowest BCUT2D eigenvalue weighted by molar-refractivity contribution is -0.139. The summed E-state index contributed by atoms with van der Waals surface area (Å²) in [7, 11) is 0. The molecule has 0 unspecified atom stereocenters. The Labute approximate surface area is 194 Å². The first-order valence-corrected chi connectivity index (χ1v) is 11.6. The van der Waals surface area contributed by atoms with Crippen molar-refractivity contribution in [3.05, 3.63) is 12.2 Å². The predicted molar refractivity (Wildman–Crippen MR) is 120 cm³/mol. The van der Waals surface area contributed by atoms with Crippen LogP contribution >= 0.6 is 0 Å². The summed E-state index contributed by atoms with van der Waals surface area (Å²) in [6.07, 6.45) is 6.64. The van der Waals surface area contributed by atoms with E-state index in [1.54, 1.807) is 20.8 Å². The Morgan fingerprint density at radius 1 is 1.18 bits per heavy atom. The fourth-order valence-corrected chi connectivity index (χ4v) is 4.00. The molecule has 1 saturated carbocycles. The average Bonchev–Trinajstić information content (AvgIpc) is 3.36. The largest absolute Gasteiger partial charge is 0.481 e. The summed E-state index contributed by atoms with van der Waals surface area (Å²) >= 11 is 0. The number of β-amino-alcohol motifs (C(OH)–C–C–N with tert-alkyl or cyclic N) is 1. The van der Waals surface area contributed by atoms with Gasteiger partial charge in [-0.1, -0.05) is 25.0 Å². The zero-order valence-corrected chi connectivity index (χ0v) is 19.7. The highest BCUT2D eigenvalue weighted by Gasteiger charge is 2.41. The molecule has 33 heavy (non-hydrogen) atoms. The molecule has 0 aromatic rings. The molecule has 10 nitrogen and oxygen atoms in total. The first kappa shape index (κ1) is 26.6. The standard InChI is InChI=1S/C23H37N3O7/c1-23(2,3)33-22(32)25-17(20(29)26-13-15(27)12-18(26)19(24)28)10-8-6-4-5-7-9-14-11-16(14)21(30)31/h7,9,14-18,27H,4-6,8,10-13H2,1-3H3,(H2,24,28)(H,25,32)(H,30,31)/b9-7-/t14-,15-,16+,17+,18+/m1/s1. The van der Waals surface area contributed by atoms with Gasteiger partial charge in [0.15, 0.2) is 0 Å².